The fourth-order valence-electron chi connectivity index (χ4n) is 1.97. The average molecular weight is 209 g/mol. The molecule has 4 heteroatoms. The lowest BCUT2D eigenvalue weighted by Gasteiger charge is -2.34. The Labute approximate surface area is 90.6 Å². The van der Waals surface area contributed by atoms with Crippen LogP contribution in [0.5, 0.6) is 0 Å². The first-order valence-corrected chi connectivity index (χ1v) is 5.59. The molecule has 1 aliphatic heterocycles. The third kappa shape index (κ3) is 3.04. The quantitative estimate of drug-likeness (QED) is 0.805. The maximum Gasteiger partial charge on any atom is 0.0946 e. The molecule has 1 fully saturated rings. The molecular weight excluding hydrogens is 190 g/mol. The van der Waals surface area contributed by atoms with Crippen LogP contribution in [0.25, 0.3) is 0 Å². The molecule has 1 aliphatic rings. The molecule has 0 amide bonds. The molecule has 0 bridgehead atoms. The van der Waals surface area contributed by atoms with Crippen molar-refractivity contribution in [1.29, 1.82) is 0 Å². The molecule has 0 radical (unpaired) electrons. The fraction of sp³-hybridized carbons (Fsp3) is 0.727. The van der Waals surface area contributed by atoms with E-state index in [2.05, 4.69) is 17.2 Å². The van der Waals surface area contributed by atoms with Gasteiger partial charge in [0, 0.05) is 25.5 Å². The van der Waals surface area contributed by atoms with E-state index in [0.717, 1.165) is 32.7 Å². The second-order valence-electron chi connectivity index (χ2n) is 4.38. The molecule has 1 N–H and O–H groups in total. The predicted molar refractivity (Wildman–Crippen MR) is 58.7 cm³/mol. The summed E-state index contributed by atoms with van der Waals surface area (Å²) < 4.78 is 7.97. The van der Waals surface area contributed by atoms with Crippen molar-refractivity contribution in [2.24, 2.45) is 0 Å². The number of ether oxygens (including phenoxy) is 1. The highest BCUT2D eigenvalue weighted by atomic mass is 16.5. The lowest BCUT2D eigenvalue weighted by atomic mass is 9.96. The Kier molecular flexibility index (Phi) is 3.38. The molecule has 0 spiro atoms. The summed E-state index contributed by atoms with van der Waals surface area (Å²) in [4.78, 5) is 4.00. The van der Waals surface area contributed by atoms with Crippen molar-refractivity contribution >= 4 is 0 Å². The average Bonchev–Trinajstić information content (AvgIpc) is 2.71. The topological polar surface area (TPSA) is 39.1 Å². The van der Waals surface area contributed by atoms with Gasteiger partial charge in [0.25, 0.3) is 0 Å². The van der Waals surface area contributed by atoms with Crippen LogP contribution in [0, 0.1) is 0 Å². The summed E-state index contributed by atoms with van der Waals surface area (Å²) in [5.74, 6) is 0. The van der Waals surface area contributed by atoms with E-state index >= 15 is 0 Å². The van der Waals surface area contributed by atoms with Crippen LogP contribution in [-0.4, -0.2) is 34.8 Å². The summed E-state index contributed by atoms with van der Waals surface area (Å²) in [5, 5.41) is 3.37. The third-order valence-electron chi connectivity index (χ3n) is 2.92. The standard InChI is InChI=1S/C11H19N3O/c1-11(3-2-4-12-9-11)15-8-7-14-6-5-13-10-14/h5-6,10,12H,2-4,7-9H2,1H3. The van der Waals surface area contributed by atoms with Crippen molar-refractivity contribution in [2.75, 3.05) is 19.7 Å². The van der Waals surface area contributed by atoms with Crippen LogP contribution in [0.2, 0.25) is 0 Å². The Morgan fingerprint density at radius 1 is 1.60 bits per heavy atom. The van der Waals surface area contributed by atoms with Crippen molar-refractivity contribution in [3.8, 4) is 0 Å². The Morgan fingerprint density at radius 3 is 3.20 bits per heavy atom. The second kappa shape index (κ2) is 4.77. The van der Waals surface area contributed by atoms with Crippen molar-refractivity contribution in [3.05, 3.63) is 18.7 Å². The zero-order valence-electron chi connectivity index (χ0n) is 9.28. The van der Waals surface area contributed by atoms with E-state index in [4.69, 9.17) is 4.74 Å². The minimum absolute atomic E-state index is 0.0266. The highest BCUT2D eigenvalue weighted by Crippen LogP contribution is 2.19. The summed E-state index contributed by atoms with van der Waals surface area (Å²) in [6.07, 6.45) is 7.95. The Hall–Kier alpha value is -0.870. The molecule has 84 valence electrons. The second-order valence-corrected chi connectivity index (χ2v) is 4.38. The van der Waals surface area contributed by atoms with E-state index in [0.29, 0.717) is 0 Å². The number of nitrogens with zero attached hydrogens (tertiary/aromatic N) is 2. The highest BCUT2D eigenvalue weighted by Gasteiger charge is 2.26. The number of nitrogens with one attached hydrogen (secondary N) is 1. The summed E-state index contributed by atoms with van der Waals surface area (Å²) in [6.45, 7) is 5.93. The van der Waals surface area contributed by atoms with E-state index in [1.54, 1.807) is 6.20 Å². The minimum Gasteiger partial charge on any atom is -0.372 e. The zero-order chi connectivity index (χ0) is 10.6. The van der Waals surface area contributed by atoms with Gasteiger partial charge in [-0.2, -0.15) is 0 Å². The zero-order valence-corrected chi connectivity index (χ0v) is 9.28. The van der Waals surface area contributed by atoms with Gasteiger partial charge in [0.2, 0.25) is 0 Å². The van der Waals surface area contributed by atoms with Crippen LogP contribution < -0.4 is 5.32 Å². The van der Waals surface area contributed by atoms with Gasteiger partial charge < -0.3 is 14.6 Å². The third-order valence-corrected chi connectivity index (χ3v) is 2.92. The first kappa shape index (κ1) is 10.6. The SMILES string of the molecule is CC1(OCCn2ccnc2)CCCNC1. The van der Waals surface area contributed by atoms with Gasteiger partial charge >= 0.3 is 0 Å². The first-order chi connectivity index (χ1) is 7.29. The summed E-state index contributed by atoms with van der Waals surface area (Å²) in [6, 6.07) is 0. The van der Waals surface area contributed by atoms with Gasteiger partial charge in [-0.1, -0.05) is 0 Å². The van der Waals surface area contributed by atoms with Crippen LogP contribution in [0.4, 0.5) is 0 Å². The predicted octanol–water partition coefficient (Wildman–Crippen LogP) is 1.04. The molecule has 1 aromatic rings. The largest absolute Gasteiger partial charge is 0.372 e. The molecule has 0 saturated carbocycles. The lowest BCUT2D eigenvalue weighted by molar-refractivity contribution is -0.0494. The van der Waals surface area contributed by atoms with Gasteiger partial charge in [-0.05, 0) is 26.3 Å². The maximum absolute atomic E-state index is 5.93. The molecule has 1 aromatic heterocycles. The van der Waals surface area contributed by atoms with E-state index in [1.165, 1.54) is 6.42 Å². The maximum atomic E-state index is 5.93. The van der Waals surface area contributed by atoms with Crippen LogP contribution in [0.15, 0.2) is 18.7 Å². The minimum atomic E-state index is 0.0266. The molecule has 1 saturated heterocycles. The van der Waals surface area contributed by atoms with Gasteiger partial charge in [-0.25, -0.2) is 4.98 Å². The van der Waals surface area contributed by atoms with Crippen molar-refractivity contribution in [1.82, 2.24) is 14.9 Å². The van der Waals surface area contributed by atoms with Gasteiger partial charge in [0.05, 0.1) is 18.5 Å². The van der Waals surface area contributed by atoms with Gasteiger partial charge in [0.1, 0.15) is 0 Å². The first-order valence-electron chi connectivity index (χ1n) is 5.59. The highest BCUT2D eigenvalue weighted by molar-refractivity contribution is 4.82. The van der Waals surface area contributed by atoms with Crippen LogP contribution in [0.1, 0.15) is 19.8 Å². The van der Waals surface area contributed by atoms with Crippen LogP contribution >= 0.6 is 0 Å². The number of aromatic nitrogens is 2. The Morgan fingerprint density at radius 2 is 2.53 bits per heavy atom. The number of hydrogen-bond acceptors (Lipinski definition) is 3. The molecule has 1 atom stereocenters. The summed E-state index contributed by atoms with van der Waals surface area (Å²) in [5.41, 5.74) is 0.0266. The summed E-state index contributed by atoms with van der Waals surface area (Å²) in [7, 11) is 0. The van der Waals surface area contributed by atoms with E-state index in [-0.39, 0.29) is 5.60 Å². The monoisotopic (exact) mass is 209 g/mol. The van der Waals surface area contributed by atoms with Crippen LogP contribution in [-0.2, 0) is 11.3 Å². The van der Waals surface area contributed by atoms with Crippen LogP contribution in [0.3, 0.4) is 0 Å². The van der Waals surface area contributed by atoms with E-state index < -0.39 is 0 Å². The molecule has 2 rings (SSSR count). The molecule has 4 nitrogen and oxygen atoms in total. The van der Waals surface area contributed by atoms with E-state index in [9.17, 15) is 0 Å². The number of rotatable bonds is 4. The van der Waals surface area contributed by atoms with Gasteiger partial charge in [0.15, 0.2) is 0 Å². The Balaban J connectivity index is 1.72. The smallest absolute Gasteiger partial charge is 0.0946 e. The normalized spacial score (nSPS) is 26.7. The number of hydrogen-bond donors (Lipinski definition) is 1. The van der Waals surface area contributed by atoms with Crippen molar-refractivity contribution in [3.63, 3.8) is 0 Å². The molecule has 15 heavy (non-hydrogen) atoms. The molecule has 0 aliphatic carbocycles. The molecular formula is C11H19N3O. The van der Waals surface area contributed by atoms with Crippen molar-refractivity contribution in [2.45, 2.75) is 31.9 Å². The van der Waals surface area contributed by atoms with E-state index in [1.807, 2.05) is 17.1 Å². The molecule has 2 heterocycles. The summed E-state index contributed by atoms with van der Waals surface area (Å²) >= 11 is 0. The number of imidazole rings is 1. The molecule has 0 aromatic carbocycles. The number of piperidine rings is 1. The fourth-order valence-corrected chi connectivity index (χ4v) is 1.97. The van der Waals surface area contributed by atoms with Crippen molar-refractivity contribution < 1.29 is 4.74 Å². The van der Waals surface area contributed by atoms with Gasteiger partial charge in [-0.15, -0.1) is 0 Å². The van der Waals surface area contributed by atoms with Gasteiger partial charge in [-0.3, -0.25) is 0 Å². The molecule has 1 unspecified atom stereocenters. The lowest BCUT2D eigenvalue weighted by Crippen LogP contribution is -2.45. The Bertz CT molecular complexity index is 278.